The van der Waals surface area contributed by atoms with Gasteiger partial charge in [-0.1, -0.05) is 0 Å². The van der Waals surface area contributed by atoms with Crippen LogP contribution in [0.15, 0.2) is 17.0 Å². The molecular weight excluding hydrogens is 380 g/mol. The highest BCUT2D eigenvalue weighted by Gasteiger charge is 2.35. The summed E-state index contributed by atoms with van der Waals surface area (Å²) in [6.45, 7) is 3.82. The minimum Gasteiger partial charge on any atom is -0.744 e. The lowest BCUT2D eigenvalue weighted by molar-refractivity contribution is -0.777. The van der Waals surface area contributed by atoms with Gasteiger partial charge in [0.05, 0.1) is 40.6 Å². The summed E-state index contributed by atoms with van der Waals surface area (Å²) in [7, 11) is -3.39. The summed E-state index contributed by atoms with van der Waals surface area (Å²) in [6.07, 6.45) is 0. The van der Waals surface area contributed by atoms with E-state index >= 15 is 0 Å². The lowest BCUT2D eigenvalue weighted by Crippen LogP contribution is -2.23. The van der Waals surface area contributed by atoms with E-state index in [1.807, 2.05) is 0 Å². The summed E-state index contributed by atoms with van der Waals surface area (Å²) in [5.41, 5.74) is -4.11. The summed E-state index contributed by atoms with van der Waals surface area (Å²) in [6, 6.07) is 0.329. The van der Waals surface area contributed by atoms with E-state index in [-0.39, 0.29) is 12.1 Å². The molecule has 1 aromatic carbocycles. The van der Waals surface area contributed by atoms with Crippen molar-refractivity contribution in [1.82, 2.24) is 0 Å². The number of benzene rings is 1. The number of aliphatic hydroxyl groups is 1. The summed E-state index contributed by atoms with van der Waals surface area (Å²) in [4.78, 5) is 25.8. The molecule has 1 aliphatic rings. The summed E-state index contributed by atoms with van der Waals surface area (Å²) in [5, 5.41) is 40.0. The van der Waals surface area contributed by atoms with Gasteiger partial charge in [0.15, 0.2) is 0 Å². The second-order valence-electron chi connectivity index (χ2n) is 5.55. The topological polar surface area (TPSA) is 207 Å². The molecule has 1 aliphatic heterocycles. The van der Waals surface area contributed by atoms with Crippen molar-refractivity contribution >= 4 is 27.2 Å². The van der Waals surface area contributed by atoms with Crippen LogP contribution in [-0.4, -0.2) is 70.6 Å². The number of nitro benzene ring substituents is 3. The van der Waals surface area contributed by atoms with E-state index in [1.165, 1.54) is 13.1 Å². The van der Waals surface area contributed by atoms with E-state index in [2.05, 4.69) is 7.05 Å². The highest BCUT2D eigenvalue weighted by molar-refractivity contribution is 7.86. The van der Waals surface area contributed by atoms with Crippen LogP contribution in [0.5, 0.6) is 0 Å². The molecule has 15 heteroatoms. The van der Waals surface area contributed by atoms with E-state index in [1.54, 1.807) is 0 Å². The highest BCUT2D eigenvalue weighted by Crippen LogP contribution is 2.36. The van der Waals surface area contributed by atoms with Crippen LogP contribution in [0.25, 0.3) is 0 Å². The van der Waals surface area contributed by atoms with Gasteiger partial charge in [0.2, 0.25) is 4.90 Å². The standard InChI is InChI=1S/C6H3N3O9S.C5H12NO/c10-7(11)3-1-4(8(12)13)6(19(16,17)18)5(2-3)9(14)15;1-6(2-3-6)4-5-7/h1-2H,(H,16,17,18);7H,2-5H2,1H3/q;+1/p-1. The smallest absolute Gasteiger partial charge is 0.300 e. The van der Waals surface area contributed by atoms with Crippen LogP contribution in [0.4, 0.5) is 17.1 Å². The normalized spacial score (nSPS) is 14.7. The Kier molecular flexibility index (Phi) is 6.26. The van der Waals surface area contributed by atoms with Gasteiger partial charge in [0.1, 0.15) is 29.8 Å². The molecule has 1 fully saturated rings. The Hall–Kier alpha value is -2.75. The molecule has 0 bridgehead atoms. The molecule has 1 N–H and O–H groups in total. The summed E-state index contributed by atoms with van der Waals surface area (Å²) < 4.78 is 33.6. The Morgan fingerprint density at radius 3 is 1.65 bits per heavy atom. The van der Waals surface area contributed by atoms with Crippen molar-refractivity contribution in [2.45, 2.75) is 4.90 Å². The van der Waals surface area contributed by atoms with Gasteiger partial charge in [-0.15, -0.1) is 0 Å². The van der Waals surface area contributed by atoms with Crippen LogP contribution in [0.3, 0.4) is 0 Å². The first-order valence-corrected chi connectivity index (χ1v) is 8.25. The van der Waals surface area contributed by atoms with Gasteiger partial charge in [0, 0.05) is 0 Å². The highest BCUT2D eigenvalue weighted by atomic mass is 32.2. The first kappa shape index (κ1) is 21.3. The van der Waals surface area contributed by atoms with Crippen molar-refractivity contribution in [3.8, 4) is 0 Å². The maximum Gasteiger partial charge on any atom is 0.300 e. The number of rotatable bonds is 6. The molecule has 144 valence electrons. The zero-order valence-electron chi connectivity index (χ0n) is 13.3. The number of quaternary nitrogens is 1. The molecule has 1 heterocycles. The average Bonchev–Trinajstić information content (AvgIpc) is 3.23. The van der Waals surface area contributed by atoms with Gasteiger partial charge in [-0.3, -0.25) is 30.3 Å². The van der Waals surface area contributed by atoms with Gasteiger partial charge in [-0.05, 0) is 0 Å². The molecule has 0 spiro atoms. The van der Waals surface area contributed by atoms with E-state index in [0.717, 1.165) is 11.0 Å². The minimum atomic E-state index is -5.55. The number of nitrogens with zero attached hydrogens (tertiary/aromatic N) is 4. The van der Waals surface area contributed by atoms with Gasteiger partial charge in [-0.25, -0.2) is 8.42 Å². The predicted molar refractivity (Wildman–Crippen MR) is 82.2 cm³/mol. The average molecular weight is 394 g/mol. The first-order valence-electron chi connectivity index (χ1n) is 6.84. The second-order valence-corrected chi connectivity index (χ2v) is 6.87. The number of non-ortho nitro benzene ring substituents is 1. The number of nitro groups is 3. The van der Waals surface area contributed by atoms with E-state index < -0.39 is 46.8 Å². The predicted octanol–water partition coefficient (Wildman–Crippen LogP) is -0.246. The first-order chi connectivity index (χ1) is 11.8. The lowest BCUT2D eigenvalue weighted by atomic mass is 10.2. The Balaban J connectivity index is 0.000000401. The Morgan fingerprint density at radius 1 is 1.04 bits per heavy atom. The van der Waals surface area contributed by atoms with Crippen molar-refractivity contribution in [2.75, 3.05) is 33.3 Å². The number of hydrogen-bond acceptors (Lipinski definition) is 10. The Morgan fingerprint density at radius 2 is 1.46 bits per heavy atom. The second kappa shape index (κ2) is 7.65. The fourth-order valence-electron chi connectivity index (χ4n) is 1.85. The third-order valence-electron chi connectivity index (χ3n) is 3.52. The van der Waals surface area contributed by atoms with Crippen LogP contribution in [-0.2, 0) is 10.1 Å². The monoisotopic (exact) mass is 394 g/mol. The van der Waals surface area contributed by atoms with Gasteiger partial charge in [-0.2, -0.15) is 0 Å². The largest absolute Gasteiger partial charge is 0.744 e. The van der Waals surface area contributed by atoms with Crippen molar-refractivity contribution in [3.63, 3.8) is 0 Å². The lowest BCUT2D eigenvalue weighted by Gasteiger charge is -2.07. The van der Waals surface area contributed by atoms with Crippen molar-refractivity contribution in [3.05, 3.63) is 42.5 Å². The van der Waals surface area contributed by atoms with Crippen LogP contribution in [0.2, 0.25) is 0 Å². The molecule has 1 saturated heterocycles. The zero-order chi connectivity index (χ0) is 20.3. The molecule has 0 unspecified atom stereocenters. The van der Waals surface area contributed by atoms with Crippen molar-refractivity contribution in [2.24, 2.45) is 0 Å². The Bertz CT molecular complexity index is 814. The third kappa shape index (κ3) is 5.38. The molecule has 26 heavy (non-hydrogen) atoms. The molecular formula is C11H14N4O10S. The molecule has 0 atom stereocenters. The maximum absolute atomic E-state index is 10.8. The number of hydrogen-bond donors (Lipinski definition) is 1. The molecule has 0 amide bonds. The summed E-state index contributed by atoms with van der Waals surface area (Å²) >= 11 is 0. The number of aliphatic hydroxyl groups excluding tert-OH is 1. The molecule has 0 radical (unpaired) electrons. The van der Waals surface area contributed by atoms with Crippen molar-refractivity contribution in [1.29, 1.82) is 0 Å². The maximum atomic E-state index is 10.8. The molecule has 1 aromatic rings. The van der Waals surface area contributed by atoms with Gasteiger partial charge in [0.25, 0.3) is 5.69 Å². The van der Waals surface area contributed by atoms with Crippen LogP contribution in [0.1, 0.15) is 0 Å². The van der Waals surface area contributed by atoms with Crippen LogP contribution in [0, 0.1) is 30.3 Å². The van der Waals surface area contributed by atoms with Crippen LogP contribution < -0.4 is 0 Å². The summed E-state index contributed by atoms with van der Waals surface area (Å²) in [5.74, 6) is 0. The fraction of sp³-hybridized carbons (Fsp3) is 0.455. The van der Waals surface area contributed by atoms with E-state index in [0.29, 0.717) is 6.61 Å². The molecule has 14 nitrogen and oxygen atoms in total. The van der Waals surface area contributed by atoms with Gasteiger partial charge >= 0.3 is 11.4 Å². The third-order valence-corrected chi connectivity index (χ3v) is 4.43. The van der Waals surface area contributed by atoms with Gasteiger partial charge < -0.3 is 14.1 Å². The quantitative estimate of drug-likeness (QED) is 0.220. The minimum absolute atomic E-state index is 0.164. The molecule has 0 aliphatic carbocycles. The van der Waals surface area contributed by atoms with Crippen molar-refractivity contribution < 1.29 is 37.3 Å². The fourth-order valence-corrected chi connectivity index (χ4v) is 2.63. The van der Waals surface area contributed by atoms with E-state index in [4.69, 9.17) is 5.11 Å². The molecule has 2 rings (SSSR count). The number of likely N-dealkylation sites (N-methyl/N-ethyl adjacent to an activating group) is 1. The SMILES string of the molecule is C[N+]1(CCO)CC1.O=[N+]([O-])c1cc([N+](=O)[O-])c(S(=O)(=O)[O-])c([N+](=O)[O-])c1. The zero-order valence-corrected chi connectivity index (χ0v) is 14.1. The Labute approximate surface area is 146 Å². The molecule has 0 saturated carbocycles. The van der Waals surface area contributed by atoms with Crippen LogP contribution >= 0.6 is 0 Å². The van der Waals surface area contributed by atoms with E-state index in [9.17, 15) is 43.3 Å². The molecule has 0 aromatic heterocycles.